The monoisotopic (exact) mass is 305 g/mol. The number of nitrogens with one attached hydrogen (secondary N) is 1. The van der Waals surface area contributed by atoms with Crippen LogP contribution in [0.4, 0.5) is 10.1 Å². The fourth-order valence-corrected chi connectivity index (χ4v) is 1.88. The summed E-state index contributed by atoms with van der Waals surface area (Å²) in [6.07, 6.45) is 0. The van der Waals surface area contributed by atoms with Crippen LogP contribution in [-0.4, -0.2) is 24.7 Å². The Labute approximate surface area is 127 Å². The van der Waals surface area contributed by atoms with Gasteiger partial charge < -0.3 is 19.9 Å². The minimum atomic E-state index is -0.401. The summed E-state index contributed by atoms with van der Waals surface area (Å²) in [6.45, 7) is -0.489. The van der Waals surface area contributed by atoms with Crippen molar-refractivity contribution in [3.05, 3.63) is 53.8 Å². The zero-order valence-corrected chi connectivity index (χ0v) is 12.0. The molecule has 0 aliphatic carbocycles. The molecule has 0 aliphatic rings. The van der Waals surface area contributed by atoms with Crippen LogP contribution in [0.25, 0.3) is 0 Å². The van der Waals surface area contributed by atoms with Crippen LogP contribution in [0.15, 0.2) is 42.5 Å². The van der Waals surface area contributed by atoms with Crippen molar-refractivity contribution >= 4 is 11.6 Å². The predicted octanol–water partition coefficient (Wildman–Crippen LogP) is 2.34. The number of hydrogen-bond donors (Lipinski definition) is 2. The summed E-state index contributed by atoms with van der Waals surface area (Å²) in [6, 6.07) is 10.5. The Balaban J connectivity index is 2.00. The van der Waals surface area contributed by atoms with E-state index in [1.807, 2.05) is 0 Å². The molecule has 0 bridgehead atoms. The molecule has 5 nitrogen and oxygen atoms in total. The van der Waals surface area contributed by atoms with Crippen LogP contribution in [0.5, 0.6) is 11.5 Å². The lowest BCUT2D eigenvalue weighted by atomic mass is 10.2. The highest BCUT2D eigenvalue weighted by atomic mass is 19.1. The summed E-state index contributed by atoms with van der Waals surface area (Å²) in [4.78, 5) is 11.8. The standard InChI is InChI=1S/C16H16FNO4/c1-21-14-4-2-3-11(9-19)16(14)22-10-15(20)18-13-7-5-12(17)6-8-13/h2-8,19H,9-10H2,1H3,(H,18,20). The summed E-state index contributed by atoms with van der Waals surface area (Å²) in [5.74, 6) is -0.0276. The van der Waals surface area contributed by atoms with E-state index < -0.39 is 5.91 Å². The smallest absolute Gasteiger partial charge is 0.262 e. The van der Waals surface area contributed by atoms with Gasteiger partial charge in [0.2, 0.25) is 0 Å². The molecule has 2 aromatic carbocycles. The van der Waals surface area contributed by atoms with Crippen molar-refractivity contribution in [2.75, 3.05) is 19.0 Å². The first-order valence-corrected chi connectivity index (χ1v) is 6.59. The Kier molecular flexibility index (Phi) is 5.32. The van der Waals surface area contributed by atoms with E-state index in [-0.39, 0.29) is 19.0 Å². The highest BCUT2D eigenvalue weighted by Gasteiger charge is 2.12. The molecular formula is C16H16FNO4. The lowest BCUT2D eigenvalue weighted by molar-refractivity contribution is -0.118. The molecule has 2 aromatic rings. The fourth-order valence-electron chi connectivity index (χ4n) is 1.88. The average Bonchev–Trinajstić information content (AvgIpc) is 2.54. The molecule has 0 spiro atoms. The van der Waals surface area contributed by atoms with Crippen molar-refractivity contribution in [1.82, 2.24) is 0 Å². The van der Waals surface area contributed by atoms with E-state index in [1.165, 1.54) is 31.4 Å². The number of carbonyl (C=O) groups excluding carboxylic acids is 1. The quantitative estimate of drug-likeness (QED) is 0.859. The second-order valence-electron chi connectivity index (χ2n) is 4.45. The van der Waals surface area contributed by atoms with Gasteiger partial charge in [-0.2, -0.15) is 0 Å². The van der Waals surface area contributed by atoms with Crippen LogP contribution in [-0.2, 0) is 11.4 Å². The Bertz CT molecular complexity index is 621. The molecular weight excluding hydrogens is 289 g/mol. The molecule has 22 heavy (non-hydrogen) atoms. The van der Waals surface area contributed by atoms with Crippen LogP contribution >= 0.6 is 0 Å². The van der Waals surface area contributed by atoms with Crippen molar-refractivity contribution in [2.24, 2.45) is 0 Å². The molecule has 116 valence electrons. The largest absolute Gasteiger partial charge is 0.493 e. The maximum absolute atomic E-state index is 12.8. The minimum absolute atomic E-state index is 0.230. The van der Waals surface area contributed by atoms with Gasteiger partial charge in [-0.1, -0.05) is 12.1 Å². The van der Waals surface area contributed by atoms with Crippen molar-refractivity contribution < 1.29 is 23.8 Å². The third-order valence-electron chi connectivity index (χ3n) is 2.93. The molecule has 2 N–H and O–H groups in total. The summed E-state index contributed by atoms with van der Waals surface area (Å²) in [7, 11) is 1.47. The van der Waals surface area contributed by atoms with Crippen molar-refractivity contribution in [2.45, 2.75) is 6.61 Å². The van der Waals surface area contributed by atoms with E-state index in [1.54, 1.807) is 18.2 Å². The number of ether oxygens (including phenoxy) is 2. The Morgan fingerprint density at radius 1 is 1.23 bits per heavy atom. The summed E-state index contributed by atoms with van der Waals surface area (Å²) < 4.78 is 23.4. The molecule has 6 heteroatoms. The summed E-state index contributed by atoms with van der Waals surface area (Å²) in [5, 5.41) is 11.9. The lowest BCUT2D eigenvalue weighted by Crippen LogP contribution is -2.20. The van der Waals surface area contributed by atoms with Crippen molar-refractivity contribution in [1.29, 1.82) is 0 Å². The first-order chi connectivity index (χ1) is 10.6. The molecule has 0 heterocycles. The number of rotatable bonds is 6. The van der Waals surface area contributed by atoms with Gasteiger partial charge in [0.25, 0.3) is 5.91 Å². The van der Waals surface area contributed by atoms with Gasteiger partial charge >= 0.3 is 0 Å². The Hall–Kier alpha value is -2.60. The number of para-hydroxylation sites is 1. The van der Waals surface area contributed by atoms with Gasteiger partial charge in [-0.3, -0.25) is 4.79 Å². The lowest BCUT2D eigenvalue weighted by Gasteiger charge is -2.13. The number of benzene rings is 2. The Morgan fingerprint density at radius 2 is 1.95 bits per heavy atom. The van der Waals surface area contributed by atoms with Gasteiger partial charge in [-0.25, -0.2) is 4.39 Å². The zero-order chi connectivity index (χ0) is 15.9. The molecule has 1 amide bonds. The summed E-state index contributed by atoms with van der Waals surface area (Å²) >= 11 is 0. The first-order valence-electron chi connectivity index (χ1n) is 6.59. The van der Waals surface area contributed by atoms with E-state index >= 15 is 0 Å². The SMILES string of the molecule is COc1cccc(CO)c1OCC(=O)Nc1ccc(F)cc1. The maximum Gasteiger partial charge on any atom is 0.262 e. The molecule has 0 aliphatic heterocycles. The number of halogens is 1. The van der Waals surface area contributed by atoms with E-state index in [0.29, 0.717) is 22.7 Å². The van der Waals surface area contributed by atoms with Gasteiger partial charge in [0.15, 0.2) is 18.1 Å². The third kappa shape index (κ3) is 3.95. The van der Waals surface area contributed by atoms with Crippen LogP contribution in [0.3, 0.4) is 0 Å². The molecule has 0 saturated heterocycles. The maximum atomic E-state index is 12.8. The van der Waals surface area contributed by atoms with E-state index in [4.69, 9.17) is 9.47 Å². The van der Waals surface area contributed by atoms with E-state index in [0.717, 1.165) is 0 Å². The second kappa shape index (κ2) is 7.42. The minimum Gasteiger partial charge on any atom is -0.493 e. The molecule has 0 atom stereocenters. The van der Waals surface area contributed by atoms with Gasteiger partial charge in [-0.05, 0) is 30.3 Å². The number of hydrogen-bond acceptors (Lipinski definition) is 4. The Morgan fingerprint density at radius 3 is 2.59 bits per heavy atom. The molecule has 2 rings (SSSR count). The van der Waals surface area contributed by atoms with E-state index in [9.17, 15) is 14.3 Å². The third-order valence-corrected chi connectivity index (χ3v) is 2.93. The van der Waals surface area contributed by atoms with E-state index in [2.05, 4.69) is 5.32 Å². The number of amides is 1. The van der Waals surface area contributed by atoms with Gasteiger partial charge in [0.1, 0.15) is 5.82 Å². The normalized spacial score (nSPS) is 10.1. The van der Waals surface area contributed by atoms with Crippen molar-refractivity contribution in [3.8, 4) is 11.5 Å². The number of carbonyl (C=O) groups is 1. The average molecular weight is 305 g/mol. The highest BCUT2D eigenvalue weighted by molar-refractivity contribution is 5.91. The summed E-state index contributed by atoms with van der Waals surface area (Å²) in [5.41, 5.74) is 0.992. The first kappa shape index (κ1) is 15.8. The van der Waals surface area contributed by atoms with Crippen LogP contribution in [0, 0.1) is 5.82 Å². The van der Waals surface area contributed by atoms with Gasteiger partial charge in [0, 0.05) is 11.3 Å². The highest BCUT2D eigenvalue weighted by Crippen LogP contribution is 2.31. The van der Waals surface area contributed by atoms with Crippen LogP contribution in [0.1, 0.15) is 5.56 Å². The molecule has 0 radical (unpaired) electrons. The number of aliphatic hydroxyl groups excluding tert-OH is 1. The molecule has 0 aromatic heterocycles. The van der Waals surface area contributed by atoms with Gasteiger partial charge in [0.05, 0.1) is 13.7 Å². The zero-order valence-electron chi connectivity index (χ0n) is 12.0. The number of anilines is 1. The van der Waals surface area contributed by atoms with Crippen LogP contribution in [0.2, 0.25) is 0 Å². The van der Waals surface area contributed by atoms with Crippen molar-refractivity contribution in [3.63, 3.8) is 0 Å². The molecule has 0 saturated carbocycles. The topological polar surface area (TPSA) is 67.8 Å². The number of aliphatic hydroxyl groups is 1. The van der Waals surface area contributed by atoms with Gasteiger partial charge in [-0.15, -0.1) is 0 Å². The second-order valence-corrected chi connectivity index (χ2v) is 4.45. The molecule has 0 fully saturated rings. The predicted molar refractivity (Wildman–Crippen MR) is 79.4 cm³/mol. The van der Waals surface area contributed by atoms with Crippen LogP contribution < -0.4 is 14.8 Å². The molecule has 0 unspecified atom stereocenters. The number of methoxy groups -OCH3 is 1. The fraction of sp³-hybridized carbons (Fsp3) is 0.188.